The molecule has 0 unspecified atom stereocenters. The summed E-state index contributed by atoms with van der Waals surface area (Å²) >= 11 is 0. The Balaban J connectivity index is 1.39. The van der Waals surface area contributed by atoms with E-state index in [0.717, 1.165) is 69.3 Å². The zero-order valence-electron chi connectivity index (χ0n) is 48.8. The summed E-state index contributed by atoms with van der Waals surface area (Å²) in [5.41, 5.74) is 6.75. The van der Waals surface area contributed by atoms with E-state index in [0.29, 0.717) is 12.5 Å². The first-order valence-corrected chi connectivity index (χ1v) is 34.1. The third-order valence-corrected chi connectivity index (χ3v) is 31.5. The van der Waals surface area contributed by atoms with Gasteiger partial charge in [-0.1, -0.05) is 282 Å². The van der Waals surface area contributed by atoms with Crippen LogP contribution >= 0.6 is 0 Å². The van der Waals surface area contributed by atoms with Crippen molar-refractivity contribution in [3.05, 3.63) is 222 Å². The summed E-state index contributed by atoms with van der Waals surface area (Å²) in [5, 5.41) is 8.88. The first-order chi connectivity index (χ1) is 37.3. The number of hydrogen-bond donors (Lipinski definition) is 1. The van der Waals surface area contributed by atoms with Gasteiger partial charge in [0.25, 0.3) is 8.32 Å². The Hall–Kier alpha value is -6.49. The minimum absolute atomic E-state index is 0.222. The maximum absolute atomic E-state index is 8.17. The molecule has 1 aromatic heterocycles. The lowest BCUT2D eigenvalue weighted by Gasteiger charge is -2.43. The van der Waals surface area contributed by atoms with Crippen LogP contribution in [0.25, 0.3) is 27.9 Å². The molecule has 0 aliphatic heterocycles. The number of allylic oxidation sites excluding steroid dienone is 1. The van der Waals surface area contributed by atoms with Gasteiger partial charge in [-0.2, -0.15) is 0 Å². The van der Waals surface area contributed by atoms with Crippen LogP contribution in [0.1, 0.15) is 119 Å². The van der Waals surface area contributed by atoms with Crippen molar-refractivity contribution in [2.75, 3.05) is 0 Å². The molecule has 0 fully saturated rings. The van der Waals surface area contributed by atoms with E-state index >= 15 is 0 Å². The Morgan fingerprint density at radius 2 is 0.872 bits per heavy atom. The summed E-state index contributed by atoms with van der Waals surface area (Å²) < 4.78 is 24.2. The number of H-pyrrole nitrogens is 1. The molecule has 0 aliphatic carbocycles. The SMILES string of the molecule is CC[C@H](C)CC/C(C)=C/c1c(C)c(O[Si](c2ccccc2)(c2ccccc2)C(C)(C)C)cc2c1[nH]c1c(O[Si](c3ccccc3)(c3ccccc3)C(C)(C)C)ccc(CO[Si](c3ccccc3)(c3ccccc3)C(C)(C)C)c12. The van der Waals surface area contributed by atoms with Crippen molar-refractivity contribution < 1.29 is 13.3 Å². The number of aromatic nitrogens is 1. The van der Waals surface area contributed by atoms with E-state index in [1.54, 1.807) is 0 Å². The highest BCUT2D eigenvalue weighted by Crippen LogP contribution is 2.47. The zero-order valence-corrected chi connectivity index (χ0v) is 51.8. The Kier molecular flexibility index (Phi) is 16.4. The molecule has 0 amide bonds. The maximum Gasteiger partial charge on any atom is 0.320 e. The minimum atomic E-state index is -3.13. The van der Waals surface area contributed by atoms with E-state index in [9.17, 15) is 0 Å². The summed E-state index contributed by atoms with van der Waals surface area (Å²) in [4.78, 5) is 4.19. The first kappa shape index (κ1) is 56.2. The van der Waals surface area contributed by atoms with Gasteiger partial charge in [0.1, 0.15) is 11.5 Å². The molecule has 4 nitrogen and oxygen atoms in total. The van der Waals surface area contributed by atoms with Gasteiger partial charge in [-0.25, -0.2) is 0 Å². The average molecular weight is 1080 g/mol. The summed E-state index contributed by atoms with van der Waals surface area (Å²) in [6.07, 6.45) is 5.75. The van der Waals surface area contributed by atoms with Crippen molar-refractivity contribution in [1.29, 1.82) is 0 Å². The van der Waals surface area contributed by atoms with Gasteiger partial charge >= 0.3 is 16.6 Å². The van der Waals surface area contributed by atoms with Crippen LogP contribution in [-0.4, -0.2) is 29.9 Å². The minimum Gasteiger partial charge on any atom is -0.534 e. The number of fused-ring (bicyclic) bond motifs is 3. The smallest absolute Gasteiger partial charge is 0.320 e. The number of aromatic amines is 1. The van der Waals surface area contributed by atoms with E-state index in [4.69, 9.17) is 13.3 Å². The van der Waals surface area contributed by atoms with Crippen LogP contribution in [0.15, 0.2) is 206 Å². The monoisotopic (exact) mass is 1080 g/mol. The van der Waals surface area contributed by atoms with Gasteiger partial charge in [-0.3, -0.25) is 0 Å². The standard InChI is InChI=1S/C71H83NO3Si3/c1-14-52(2)45-46-53(3)49-62-54(4)65(75-78(71(11,12)13,60-41-29-19-30-42-60)61-43-31-20-32-44-61)50-63-66-55(51-73-76(69(5,6)7,56-33-21-15-22-34-56)57-35-23-16-24-36-57)47-48-64(68(66)72-67(62)63)74-77(70(8,9)10,58-37-25-17-26-38-58)59-39-27-18-28-40-59/h15-44,47-50,52,72H,14,45-46,51H2,1-13H3/b53-49+/t52-/m0/s1. The molecule has 9 aromatic rings. The Labute approximate surface area is 470 Å². The van der Waals surface area contributed by atoms with Gasteiger partial charge in [0.15, 0.2) is 0 Å². The van der Waals surface area contributed by atoms with E-state index in [1.165, 1.54) is 36.7 Å². The van der Waals surface area contributed by atoms with Gasteiger partial charge in [-0.05, 0) is 102 Å². The van der Waals surface area contributed by atoms with Gasteiger partial charge in [-0.15, -0.1) is 0 Å². The van der Waals surface area contributed by atoms with Gasteiger partial charge in [0.05, 0.1) is 17.6 Å². The molecule has 1 N–H and O–H groups in total. The fraction of sp³-hybridized carbons (Fsp3) is 0.296. The summed E-state index contributed by atoms with van der Waals surface area (Å²) in [6, 6.07) is 73.0. The quantitative estimate of drug-likeness (QED) is 0.0871. The van der Waals surface area contributed by atoms with E-state index in [2.05, 4.69) is 301 Å². The second-order valence-electron chi connectivity index (χ2n) is 25.0. The van der Waals surface area contributed by atoms with Gasteiger partial charge in [0.2, 0.25) is 0 Å². The third-order valence-electron chi connectivity index (χ3n) is 16.7. The largest absolute Gasteiger partial charge is 0.534 e. The molecule has 7 heteroatoms. The Bertz CT molecular complexity index is 3350. The van der Waals surface area contributed by atoms with Crippen molar-refractivity contribution in [3.63, 3.8) is 0 Å². The zero-order chi connectivity index (χ0) is 55.5. The fourth-order valence-electron chi connectivity index (χ4n) is 12.4. The van der Waals surface area contributed by atoms with Crippen molar-refractivity contribution in [1.82, 2.24) is 4.98 Å². The lowest BCUT2D eigenvalue weighted by molar-refractivity contribution is 0.287. The highest BCUT2D eigenvalue weighted by molar-refractivity contribution is 7.01. The van der Waals surface area contributed by atoms with Crippen molar-refractivity contribution in [2.24, 2.45) is 5.92 Å². The topological polar surface area (TPSA) is 43.5 Å². The Morgan fingerprint density at radius 1 is 0.500 bits per heavy atom. The number of nitrogens with one attached hydrogen (secondary N) is 1. The highest BCUT2D eigenvalue weighted by atomic mass is 28.4. The molecule has 402 valence electrons. The van der Waals surface area contributed by atoms with Crippen LogP contribution in [0.5, 0.6) is 11.5 Å². The molecule has 0 spiro atoms. The summed E-state index contributed by atoms with van der Waals surface area (Å²) in [7, 11) is -9.23. The highest BCUT2D eigenvalue weighted by Gasteiger charge is 2.54. The predicted octanol–water partition coefficient (Wildman–Crippen LogP) is 15.8. The molecule has 78 heavy (non-hydrogen) atoms. The fourth-order valence-corrected chi connectivity index (χ4v) is 25.8. The van der Waals surface area contributed by atoms with Crippen LogP contribution < -0.4 is 40.0 Å². The summed E-state index contributed by atoms with van der Waals surface area (Å²) in [6.45, 7) is 30.9. The molecular weight excluding hydrogens is 999 g/mol. The number of hydrogen-bond acceptors (Lipinski definition) is 3. The van der Waals surface area contributed by atoms with Gasteiger partial charge in [0, 0.05) is 16.3 Å². The molecule has 0 bridgehead atoms. The van der Waals surface area contributed by atoms with Crippen molar-refractivity contribution >= 4 is 84.0 Å². The van der Waals surface area contributed by atoms with Gasteiger partial charge < -0.3 is 18.3 Å². The molecule has 9 rings (SSSR count). The molecular formula is C71H83NO3Si3. The molecule has 1 atom stereocenters. The molecule has 0 aliphatic rings. The van der Waals surface area contributed by atoms with Crippen LogP contribution in [0.3, 0.4) is 0 Å². The molecule has 8 aromatic carbocycles. The first-order valence-electron chi connectivity index (χ1n) is 28.4. The van der Waals surface area contributed by atoms with Crippen LogP contribution in [0, 0.1) is 12.8 Å². The Morgan fingerprint density at radius 3 is 1.24 bits per heavy atom. The molecule has 0 saturated carbocycles. The van der Waals surface area contributed by atoms with Crippen LogP contribution in [0.4, 0.5) is 0 Å². The van der Waals surface area contributed by atoms with Crippen LogP contribution in [-0.2, 0) is 11.0 Å². The number of benzene rings is 8. The molecule has 0 saturated heterocycles. The lowest BCUT2D eigenvalue weighted by atomic mass is 9.96. The maximum atomic E-state index is 8.17. The second-order valence-corrected chi connectivity index (χ2v) is 37.7. The van der Waals surface area contributed by atoms with E-state index < -0.39 is 25.0 Å². The second kappa shape index (κ2) is 22.7. The van der Waals surface area contributed by atoms with E-state index in [1.807, 2.05) is 0 Å². The lowest BCUT2D eigenvalue weighted by Crippen LogP contribution is -2.68. The number of rotatable bonds is 18. The third kappa shape index (κ3) is 10.5. The predicted molar refractivity (Wildman–Crippen MR) is 342 cm³/mol. The molecule has 0 radical (unpaired) electrons. The summed E-state index contributed by atoms with van der Waals surface area (Å²) in [5.74, 6) is 2.36. The van der Waals surface area contributed by atoms with Crippen LogP contribution in [0.2, 0.25) is 15.1 Å². The normalized spacial score (nSPS) is 13.5. The molecule has 1 heterocycles. The van der Waals surface area contributed by atoms with Crippen molar-refractivity contribution in [2.45, 2.75) is 131 Å². The van der Waals surface area contributed by atoms with Crippen molar-refractivity contribution in [3.8, 4) is 11.5 Å². The van der Waals surface area contributed by atoms with E-state index in [-0.39, 0.29) is 15.1 Å². The average Bonchev–Trinajstić information content (AvgIpc) is 3.93.